The summed E-state index contributed by atoms with van der Waals surface area (Å²) < 4.78 is 0. The average molecular weight is 265 g/mol. The molecule has 0 amide bonds. The van der Waals surface area contributed by atoms with Crippen LogP contribution in [0.25, 0.3) is 0 Å². The van der Waals surface area contributed by atoms with Gasteiger partial charge >= 0.3 is 0 Å². The number of fused-ring (bicyclic) bond motifs is 1. The Hall–Kier alpha value is -0.450. The molecule has 3 nitrogen and oxygen atoms in total. The van der Waals surface area contributed by atoms with Gasteiger partial charge in [0, 0.05) is 36.2 Å². The van der Waals surface area contributed by atoms with Crippen LogP contribution in [-0.2, 0) is 13.0 Å². The molecule has 18 heavy (non-hydrogen) atoms. The molecule has 3 rings (SSSR count). The van der Waals surface area contributed by atoms with Gasteiger partial charge in [0.25, 0.3) is 0 Å². The lowest BCUT2D eigenvalue weighted by Gasteiger charge is -2.41. The van der Waals surface area contributed by atoms with Crippen LogP contribution in [0.4, 0.5) is 0 Å². The van der Waals surface area contributed by atoms with E-state index in [9.17, 15) is 0 Å². The van der Waals surface area contributed by atoms with Gasteiger partial charge in [0.05, 0.1) is 6.54 Å². The van der Waals surface area contributed by atoms with Gasteiger partial charge < -0.3 is 0 Å². The summed E-state index contributed by atoms with van der Waals surface area (Å²) in [5, 5.41) is 1.30. The highest BCUT2D eigenvalue weighted by molar-refractivity contribution is 7.11. The van der Waals surface area contributed by atoms with Crippen molar-refractivity contribution in [3.05, 3.63) is 16.1 Å². The summed E-state index contributed by atoms with van der Waals surface area (Å²) >= 11 is 1.89. The molecule has 2 aliphatic heterocycles. The maximum absolute atomic E-state index is 4.56. The predicted molar refractivity (Wildman–Crippen MR) is 76.0 cm³/mol. The van der Waals surface area contributed by atoms with E-state index < -0.39 is 0 Å². The average Bonchev–Trinajstić information content (AvgIpc) is 2.98. The maximum Gasteiger partial charge on any atom is 0.107 e. The van der Waals surface area contributed by atoms with E-state index >= 15 is 0 Å². The lowest BCUT2D eigenvalue weighted by atomic mass is 10.1. The normalized spacial score (nSPS) is 29.7. The van der Waals surface area contributed by atoms with Gasteiger partial charge in [-0.25, -0.2) is 4.98 Å². The summed E-state index contributed by atoms with van der Waals surface area (Å²) in [4.78, 5) is 11.3. The summed E-state index contributed by atoms with van der Waals surface area (Å²) in [5.74, 6) is 0. The molecule has 1 aromatic heterocycles. The number of nitrogens with zero attached hydrogens (tertiary/aromatic N) is 3. The Balaban J connectivity index is 1.64. The maximum atomic E-state index is 4.56. The van der Waals surface area contributed by atoms with Crippen LogP contribution in [0.2, 0.25) is 0 Å². The zero-order valence-corrected chi connectivity index (χ0v) is 12.2. The highest BCUT2D eigenvalue weighted by atomic mass is 32.1. The minimum atomic E-state index is 0.674. The fraction of sp³-hybridized carbons (Fsp3) is 0.786. The molecule has 2 fully saturated rings. The zero-order chi connectivity index (χ0) is 12.5. The minimum Gasteiger partial charge on any atom is -0.298 e. The lowest BCUT2D eigenvalue weighted by molar-refractivity contribution is 0.0540. The molecule has 2 aliphatic rings. The number of thiazole rings is 1. The number of aryl methyl sites for hydroxylation is 1. The molecular weight excluding hydrogens is 242 g/mol. The van der Waals surface area contributed by atoms with E-state index in [2.05, 4.69) is 34.8 Å². The first-order valence-corrected chi connectivity index (χ1v) is 7.99. The number of hydrogen-bond acceptors (Lipinski definition) is 4. The molecule has 0 bridgehead atoms. The van der Waals surface area contributed by atoms with Crippen LogP contribution in [-0.4, -0.2) is 46.5 Å². The first-order chi connectivity index (χ1) is 8.76. The molecule has 0 radical (unpaired) electrons. The fourth-order valence-electron chi connectivity index (χ4n) is 3.23. The molecule has 0 N–H and O–H groups in total. The van der Waals surface area contributed by atoms with Crippen LogP contribution in [0.3, 0.4) is 0 Å². The minimum absolute atomic E-state index is 0.674. The standard InChI is InChI=1S/C14H23N3S/c1-3-13-7-15-14(18-13)10-17-9-12-5-4-6-16(12)8-11(17)2/h7,11-12H,3-6,8-10H2,1-2H3. The monoisotopic (exact) mass is 265 g/mol. The van der Waals surface area contributed by atoms with E-state index in [1.165, 1.54) is 42.4 Å². The van der Waals surface area contributed by atoms with Crippen LogP contribution < -0.4 is 0 Å². The van der Waals surface area contributed by atoms with E-state index in [1.807, 2.05) is 11.3 Å². The molecule has 3 heterocycles. The van der Waals surface area contributed by atoms with Crippen molar-refractivity contribution in [3.8, 4) is 0 Å². The molecule has 0 aliphatic carbocycles. The third-order valence-corrected chi connectivity index (χ3v) is 5.48. The van der Waals surface area contributed by atoms with Crippen LogP contribution in [0.15, 0.2) is 6.20 Å². The van der Waals surface area contributed by atoms with Crippen molar-refractivity contribution in [1.29, 1.82) is 0 Å². The predicted octanol–water partition coefficient (Wildman–Crippen LogP) is 2.37. The first-order valence-electron chi connectivity index (χ1n) is 7.18. The molecule has 4 heteroatoms. The summed E-state index contributed by atoms with van der Waals surface area (Å²) in [5.41, 5.74) is 0. The Morgan fingerprint density at radius 1 is 1.44 bits per heavy atom. The van der Waals surface area contributed by atoms with Crippen LogP contribution in [0.1, 0.15) is 36.6 Å². The van der Waals surface area contributed by atoms with Crippen LogP contribution in [0.5, 0.6) is 0 Å². The van der Waals surface area contributed by atoms with Crippen LogP contribution in [0, 0.1) is 0 Å². The molecule has 0 spiro atoms. The smallest absolute Gasteiger partial charge is 0.107 e. The quantitative estimate of drug-likeness (QED) is 0.836. The van der Waals surface area contributed by atoms with Crippen molar-refractivity contribution in [2.24, 2.45) is 0 Å². The molecule has 2 atom stereocenters. The topological polar surface area (TPSA) is 19.4 Å². The third kappa shape index (κ3) is 2.46. The van der Waals surface area contributed by atoms with Gasteiger partial charge in [-0.2, -0.15) is 0 Å². The largest absolute Gasteiger partial charge is 0.298 e. The van der Waals surface area contributed by atoms with Gasteiger partial charge in [0.15, 0.2) is 0 Å². The van der Waals surface area contributed by atoms with Gasteiger partial charge in [0.2, 0.25) is 0 Å². The Morgan fingerprint density at radius 2 is 2.33 bits per heavy atom. The lowest BCUT2D eigenvalue weighted by Crippen LogP contribution is -2.54. The second kappa shape index (κ2) is 5.27. The van der Waals surface area contributed by atoms with Crippen molar-refractivity contribution >= 4 is 11.3 Å². The van der Waals surface area contributed by atoms with Crippen molar-refractivity contribution in [2.75, 3.05) is 19.6 Å². The second-order valence-electron chi connectivity index (χ2n) is 5.64. The highest BCUT2D eigenvalue weighted by Gasteiger charge is 2.34. The van der Waals surface area contributed by atoms with Crippen molar-refractivity contribution < 1.29 is 0 Å². The molecule has 2 unspecified atom stereocenters. The van der Waals surface area contributed by atoms with E-state index in [4.69, 9.17) is 0 Å². The molecule has 100 valence electrons. The Bertz CT molecular complexity index is 403. The number of rotatable bonds is 3. The first kappa shape index (κ1) is 12.6. The summed E-state index contributed by atoms with van der Waals surface area (Å²) in [7, 11) is 0. The SMILES string of the molecule is CCc1cnc(CN2CC3CCCN3CC2C)s1. The van der Waals surface area contributed by atoms with E-state index in [0.29, 0.717) is 6.04 Å². The van der Waals surface area contributed by atoms with Gasteiger partial charge in [-0.05, 0) is 32.7 Å². The van der Waals surface area contributed by atoms with E-state index in [0.717, 1.165) is 19.0 Å². The number of piperazine rings is 1. The zero-order valence-electron chi connectivity index (χ0n) is 11.4. The van der Waals surface area contributed by atoms with Gasteiger partial charge in [-0.1, -0.05) is 6.92 Å². The Morgan fingerprint density at radius 3 is 3.11 bits per heavy atom. The highest BCUT2D eigenvalue weighted by Crippen LogP contribution is 2.26. The van der Waals surface area contributed by atoms with E-state index in [-0.39, 0.29) is 0 Å². The van der Waals surface area contributed by atoms with E-state index in [1.54, 1.807) is 0 Å². The van der Waals surface area contributed by atoms with Crippen LogP contribution >= 0.6 is 11.3 Å². The van der Waals surface area contributed by atoms with Crippen molar-refractivity contribution in [2.45, 2.75) is 51.7 Å². The molecule has 0 saturated carbocycles. The Kier molecular flexibility index (Phi) is 3.68. The van der Waals surface area contributed by atoms with Gasteiger partial charge in [0.1, 0.15) is 5.01 Å². The summed E-state index contributed by atoms with van der Waals surface area (Å²) in [6.07, 6.45) is 5.95. The summed E-state index contributed by atoms with van der Waals surface area (Å²) in [6, 6.07) is 1.49. The molecule has 1 aromatic rings. The van der Waals surface area contributed by atoms with Gasteiger partial charge in [-0.3, -0.25) is 9.80 Å². The summed E-state index contributed by atoms with van der Waals surface area (Å²) in [6.45, 7) is 9.43. The number of aromatic nitrogens is 1. The fourth-order valence-corrected chi connectivity index (χ4v) is 4.11. The molecular formula is C14H23N3S. The molecule has 2 saturated heterocycles. The third-order valence-electron chi connectivity index (χ3n) is 4.35. The van der Waals surface area contributed by atoms with Crippen molar-refractivity contribution in [1.82, 2.24) is 14.8 Å². The Labute approximate surface area is 114 Å². The van der Waals surface area contributed by atoms with Gasteiger partial charge in [-0.15, -0.1) is 11.3 Å². The number of hydrogen-bond donors (Lipinski definition) is 0. The van der Waals surface area contributed by atoms with Crippen molar-refractivity contribution in [3.63, 3.8) is 0 Å². The molecule has 0 aromatic carbocycles. The second-order valence-corrected chi connectivity index (χ2v) is 6.84.